The van der Waals surface area contributed by atoms with E-state index in [4.69, 9.17) is 8.83 Å². The number of hydrogen-bond donors (Lipinski definition) is 0. The molecule has 2 heterocycles. The van der Waals surface area contributed by atoms with Crippen LogP contribution in [-0.4, -0.2) is 0 Å². The maximum atomic E-state index is 6.78. The second-order valence-corrected chi connectivity index (χ2v) is 27.4. The first-order valence-corrected chi connectivity index (χ1v) is 36.0. The molecule has 6 nitrogen and oxygen atoms in total. The molecule has 0 saturated carbocycles. The molecule has 104 heavy (non-hydrogen) atoms. The number of furan rings is 2. The van der Waals surface area contributed by atoms with Gasteiger partial charge in [0.1, 0.15) is 11.2 Å². The van der Waals surface area contributed by atoms with E-state index in [1.54, 1.807) is 0 Å². The van der Waals surface area contributed by atoms with Crippen LogP contribution in [0.25, 0.3) is 97.7 Å². The van der Waals surface area contributed by atoms with Gasteiger partial charge in [-0.15, -0.1) is 0 Å². The highest BCUT2D eigenvalue weighted by atomic mass is 16.3. The van der Waals surface area contributed by atoms with Gasteiger partial charge in [0, 0.05) is 88.0 Å². The summed E-state index contributed by atoms with van der Waals surface area (Å²) in [4.78, 5) is 9.60. The van der Waals surface area contributed by atoms with E-state index in [1.807, 2.05) is 12.1 Å². The third kappa shape index (κ3) is 11.1. The largest absolute Gasteiger partial charge is 0.454 e. The van der Waals surface area contributed by atoms with Crippen molar-refractivity contribution in [1.82, 2.24) is 0 Å². The van der Waals surface area contributed by atoms with Gasteiger partial charge >= 0.3 is 0 Å². The number of fused-ring (bicyclic) bond motifs is 13. The molecular weight excluding hydrogens is 1270 g/mol. The number of para-hydroxylation sites is 8. The average molecular weight is 1340 g/mol. The monoisotopic (exact) mass is 1340 g/mol. The van der Waals surface area contributed by atoms with Crippen molar-refractivity contribution in [1.29, 1.82) is 0 Å². The molecule has 0 unspecified atom stereocenters. The van der Waals surface area contributed by atoms with Crippen LogP contribution in [0.5, 0.6) is 0 Å². The smallest absolute Gasteiger partial charge is 0.159 e. The third-order valence-corrected chi connectivity index (χ3v) is 20.6. The summed E-state index contributed by atoms with van der Waals surface area (Å²) in [5, 5.41) is 16.2. The lowest BCUT2D eigenvalue weighted by atomic mass is 9.93. The Morgan fingerprint density at radius 1 is 0.192 bits per heavy atom. The van der Waals surface area contributed by atoms with Crippen LogP contribution in [0.3, 0.4) is 0 Å². The molecular formula is C98H74N4O2. The van der Waals surface area contributed by atoms with Crippen molar-refractivity contribution in [3.8, 4) is 0 Å². The Hall–Kier alpha value is -13.2. The van der Waals surface area contributed by atoms with Crippen molar-refractivity contribution < 1.29 is 8.83 Å². The van der Waals surface area contributed by atoms with Gasteiger partial charge in [-0.2, -0.15) is 0 Å². The highest BCUT2D eigenvalue weighted by molar-refractivity contribution is 6.27. The van der Waals surface area contributed by atoms with Crippen LogP contribution in [0.2, 0.25) is 0 Å². The Bertz CT molecular complexity index is 5840. The maximum absolute atomic E-state index is 6.78. The van der Waals surface area contributed by atoms with Gasteiger partial charge < -0.3 is 28.4 Å². The highest BCUT2D eigenvalue weighted by Crippen LogP contribution is 2.54. The van der Waals surface area contributed by atoms with Gasteiger partial charge in [0.05, 0.1) is 34.1 Å². The fraction of sp³-hybridized carbons (Fsp3) is 0.0612. The van der Waals surface area contributed by atoms with E-state index in [-0.39, 0.29) is 0 Å². The molecule has 0 saturated heterocycles. The fourth-order valence-electron chi connectivity index (χ4n) is 15.6. The van der Waals surface area contributed by atoms with Gasteiger partial charge in [-0.05, 0) is 154 Å². The molecule has 19 rings (SSSR count). The molecule has 0 aliphatic carbocycles. The zero-order valence-corrected chi connectivity index (χ0v) is 58.4. The predicted octanol–water partition coefficient (Wildman–Crippen LogP) is 29.1. The minimum absolute atomic E-state index is 0.412. The van der Waals surface area contributed by atoms with Crippen LogP contribution >= 0.6 is 0 Å². The van der Waals surface area contributed by atoms with Crippen molar-refractivity contribution in [3.05, 3.63) is 375 Å². The number of hydrogen-bond acceptors (Lipinski definition) is 6. The van der Waals surface area contributed by atoms with Gasteiger partial charge in [-0.1, -0.05) is 282 Å². The summed E-state index contributed by atoms with van der Waals surface area (Å²) in [6, 6.07) is 131. The van der Waals surface area contributed by atoms with Crippen molar-refractivity contribution in [2.75, 3.05) is 19.6 Å². The molecule has 0 bridgehead atoms. The topological polar surface area (TPSA) is 39.2 Å². The predicted molar refractivity (Wildman–Crippen MR) is 442 cm³/mol. The molecule has 0 radical (unpaired) electrons. The zero-order chi connectivity index (χ0) is 69.8. The lowest BCUT2D eigenvalue weighted by Gasteiger charge is -2.32. The van der Waals surface area contributed by atoms with Gasteiger partial charge in [0.25, 0.3) is 0 Å². The van der Waals surface area contributed by atoms with Crippen molar-refractivity contribution >= 4 is 166 Å². The Balaban J connectivity index is 0.000000165. The Morgan fingerprint density at radius 2 is 0.452 bits per heavy atom. The molecule has 0 aliphatic rings. The van der Waals surface area contributed by atoms with Crippen LogP contribution < -0.4 is 19.6 Å². The van der Waals surface area contributed by atoms with E-state index in [0.717, 1.165) is 112 Å². The summed E-state index contributed by atoms with van der Waals surface area (Å²) in [7, 11) is 0. The average Bonchev–Trinajstić information content (AvgIpc) is 1.16. The molecule has 6 heteroatoms. The molecule has 0 atom stereocenters. The van der Waals surface area contributed by atoms with Gasteiger partial charge in [-0.25, -0.2) is 0 Å². The van der Waals surface area contributed by atoms with Crippen LogP contribution in [0.1, 0.15) is 50.7 Å². The minimum Gasteiger partial charge on any atom is -0.454 e. The standard InChI is InChI=1S/C60H46N2O2.C38H28N2/c1-37(2)39-27-31-41(32-28-39)61(53-23-13-21-49-47-19-9-11-25-57(47)63-59(49)53)55-35-51-44-16-6-8-18-46(44)56(36-52(51)43-15-5-7-17-45(43)55)62(42-33-29-40(30-34-42)38(3)4)54-24-14-22-50-48-20-10-12-26-58(48)64-60(50)54;1-5-17-29(18-6-1)39(30-19-7-2-8-20-30)37-33-25-13-15-27-35(33)38(36-28-16-14-26-34(36)37)40(31-21-9-3-10-22-31)32-23-11-4-12-24-32/h5-38H,1-4H3;1-28H. The molecule has 0 aliphatic heterocycles. The molecule has 0 N–H and O–H groups in total. The van der Waals surface area contributed by atoms with Gasteiger partial charge in [-0.3, -0.25) is 0 Å². The third-order valence-electron chi connectivity index (χ3n) is 20.6. The minimum atomic E-state index is 0.412. The van der Waals surface area contributed by atoms with Crippen LogP contribution in [0.15, 0.2) is 373 Å². The molecule has 19 aromatic rings. The van der Waals surface area contributed by atoms with Crippen molar-refractivity contribution in [3.63, 3.8) is 0 Å². The van der Waals surface area contributed by atoms with E-state index in [2.05, 4.69) is 399 Å². The van der Waals surface area contributed by atoms with Crippen molar-refractivity contribution in [2.45, 2.75) is 39.5 Å². The van der Waals surface area contributed by atoms with E-state index < -0.39 is 0 Å². The summed E-state index contributed by atoms with van der Waals surface area (Å²) < 4.78 is 13.6. The van der Waals surface area contributed by atoms with Gasteiger partial charge in [0.2, 0.25) is 0 Å². The molecule has 498 valence electrons. The van der Waals surface area contributed by atoms with Crippen LogP contribution in [-0.2, 0) is 0 Å². The van der Waals surface area contributed by atoms with E-state index in [1.165, 1.54) is 65.6 Å². The normalized spacial score (nSPS) is 11.6. The fourth-order valence-corrected chi connectivity index (χ4v) is 15.6. The summed E-state index contributed by atoms with van der Waals surface area (Å²) in [6.07, 6.45) is 0. The molecule has 0 fully saturated rings. The number of nitrogens with zero attached hydrogens (tertiary/aromatic N) is 4. The molecule has 0 amide bonds. The van der Waals surface area contributed by atoms with Gasteiger partial charge in [0.15, 0.2) is 11.2 Å². The SMILES string of the molecule is CC(C)c1ccc(N(c2cc3c4ccccc4c(N(c4ccc(C(C)C)cc4)c4cccc5c4oc4ccccc45)cc3c3ccccc23)c2cccc3c2oc2ccccc23)cc1.c1ccc(N(c2ccccc2)c2c3ccccc3c(N(c3ccccc3)c3ccccc3)c3ccccc23)cc1. The summed E-state index contributed by atoms with van der Waals surface area (Å²) in [5.74, 6) is 0.824. The summed E-state index contributed by atoms with van der Waals surface area (Å²) in [6.45, 7) is 8.99. The second kappa shape index (κ2) is 26.7. The highest BCUT2D eigenvalue weighted by Gasteiger charge is 2.29. The lowest BCUT2D eigenvalue weighted by molar-refractivity contribution is 0.669. The Kier molecular flexibility index (Phi) is 16.2. The summed E-state index contributed by atoms with van der Waals surface area (Å²) in [5.41, 5.74) is 19.2. The molecule has 2 aromatic heterocycles. The van der Waals surface area contributed by atoms with E-state index in [0.29, 0.717) is 11.8 Å². The van der Waals surface area contributed by atoms with Crippen LogP contribution in [0.4, 0.5) is 68.2 Å². The zero-order valence-electron chi connectivity index (χ0n) is 58.4. The van der Waals surface area contributed by atoms with E-state index in [9.17, 15) is 0 Å². The molecule has 0 spiro atoms. The van der Waals surface area contributed by atoms with Crippen molar-refractivity contribution in [2.24, 2.45) is 0 Å². The number of anilines is 12. The second-order valence-electron chi connectivity index (χ2n) is 27.4. The first-order valence-electron chi connectivity index (χ1n) is 36.0. The number of benzene rings is 17. The van der Waals surface area contributed by atoms with E-state index >= 15 is 0 Å². The lowest BCUT2D eigenvalue weighted by Crippen LogP contribution is -2.14. The number of rotatable bonds is 14. The van der Waals surface area contributed by atoms with Crippen LogP contribution in [0, 0.1) is 0 Å². The maximum Gasteiger partial charge on any atom is 0.159 e. The molecule has 17 aromatic carbocycles. The quantitative estimate of drug-likeness (QED) is 0.0614. The first-order chi connectivity index (χ1) is 51.3. The summed E-state index contributed by atoms with van der Waals surface area (Å²) >= 11 is 0. The Labute approximate surface area is 605 Å². The Morgan fingerprint density at radius 3 is 0.769 bits per heavy atom. The first kappa shape index (κ1) is 63.0.